The highest BCUT2D eigenvalue weighted by molar-refractivity contribution is 14.1. The molecule has 1 amide bonds. The zero-order valence-corrected chi connectivity index (χ0v) is 16.8. The first kappa shape index (κ1) is 18.2. The number of anilines is 1. The molecule has 0 fully saturated rings. The van der Waals surface area contributed by atoms with E-state index in [0.717, 1.165) is 25.7 Å². The molecule has 25 heavy (non-hydrogen) atoms. The van der Waals surface area contributed by atoms with Gasteiger partial charge in [-0.05, 0) is 71.1 Å². The van der Waals surface area contributed by atoms with E-state index in [1.807, 2.05) is 41.8 Å². The summed E-state index contributed by atoms with van der Waals surface area (Å²) in [6.45, 7) is 0.366. The fourth-order valence-corrected chi connectivity index (χ4v) is 3.27. The predicted molar refractivity (Wildman–Crippen MR) is 109 cm³/mol. The van der Waals surface area contributed by atoms with Crippen LogP contribution in [0.5, 0.6) is 5.75 Å². The van der Waals surface area contributed by atoms with Gasteiger partial charge < -0.3 is 10.1 Å². The lowest BCUT2D eigenvalue weighted by molar-refractivity contribution is -0.115. The highest BCUT2D eigenvalue weighted by Crippen LogP contribution is 2.18. The third kappa shape index (κ3) is 5.69. The summed E-state index contributed by atoms with van der Waals surface area (Å²) in [5.74, 6) is 0.647. The van der Waals surface area contributed by atoms with Crippen molar-refractivity contribution in [3.05, 3.63) is 73.2 Å². The van der Waals surface area contributed by atoms with Crippen LogP contribution >= 0.6 is 45.5 Å². The van der Waals surface area contributed by atoms with Gasteiger partial charge in [-0.1, -0.05) is 11.6 Å². The third-order valence-electron chi connectivity index (χ3n) is 3.24. The molecule has 1 N–H and O–H groups in total. The Morgan fingerprint density at radius 3 is 2.60 bits per heavy atom. The van der Waals surface area contributed by atoms with Crippen LogP contribution in [0.4, 0.5) is 5.69 Å². The van der Waals surface area contributed by atoms with Crippen LogP contribution in [0.2, 0.25) is 5.02 Å². The largest absolute Gasteiger partial charge is 0.486 e. The first-order valence-corrected chi connectivity index (χ1v) is 9.79. The highest BCUT2D eigenvalue weighted by Gasteiger charge is 2.09. The van der Waals surface area contributed by atoms with E-state index in [0.29, 0.717) is 11.6 Å². The molecule has 3 rings (SSSR count). The van der Waals surface area contributed by atoms with E-state index in [9.17, 15) is 4.79 Å². The maximum absolute atomic E-state index is 12.1. The Kier molecular flexibility index (Phi) is 6.28. The number of amides is 1. The van der Waals surface area contributed by atoms with Gasteiger partial charge in [0, 0.05) is 19.7 Å². The number of benzene rings is 2. The molecule has 1 heterocycles. The molecule has 1 aromatic heterocycles. The van der Waals surface area contributed by atoms with Crippen molar-refractivity contribution in [2.75, 3.05) is 5.32 Å². The molecule has 0 saturated heterocycles. The number of carbonyl (C=O) groups is 1. The number of rotatable bonds is 6. The maximum Gasteiger partial charge on any atom is 0.230 e. The second kappa shape index (κ2) is 8.64. The number of hydrogen-bond acceptors (Lipinski definition) is 4. The number of hydrogen-bond donors (Lipinski definition) is 1. The van der Waals surface area contributed by atoms with Gasteiger partial charge in [0.1, 0.15) is 17.4 Å². The summed E-state index contributed by atoms with van der Waals surface area (Å²) in [7, 11) is 0. The van der Waals surface area contributed by atoms with E-state index >= 15 is 0 Å². The van der Waals surface area contributed by atoms with E-state index in [1.54, 1.807) is 12.1 Å². The molecule has 0 unspecified atom stereocenters. The van der Waals surface area contributed by atoms with Gasteiger partial charge >= 0.3 is 0 Å². The van der Waals surface area contributed by atoms with E-state index in [1.165, 1.54) is 11.3 Å². The monoisotopic (exact) mass is 484 g/mol. The number of thiazole rings is 1. The van der Waals surface area contributed by atoms with Crippen molar-refractivity contribution in [2.24, 2.45) is 0 Å². The van der Waals surface area contributed by atoms with E-state index in [4.69, 9.17) is 16.3 Å². The number of ether oxygens (including phenoxy) is 1. The predicted octanol–water partition coefficient (Wildman–Crippen LogP) is 5.16. The Morgan fingerprint density at radius 1 is 1.16 bits per heavy atom. The van der Waals surface area contributed by atoms with Gasteiger partial charge in [0.15, 0.2) is 0 Å². The molecule has 0 spiro atoms. The van der Waals surface area contributed by atoms with Crippen molar-refractivity contribution in [1.82, 2.24) is 4.98 Å². The van der Waals surface area contributed by atoms with Gasteiger partial charge in [0.05, 0.1) is 12.1 Å². The van der Waals surface area contributed by atoms with Crippen molar-refractivity contribution in [1.29, 1.82) is 0 Å². The van der Waals surface area contributed by atoms with Gasteiger partial charge in [0.2, 0.25) is 5.91 Å². The molecule has 0 radical (unpaired) electrons. The summed E-state index contributed by atoms with van der Waals surface area (Å²) in [5.41, 5.74) is 1.52. The van der Waals surface area contributed by atoms with Crippen LogP contribution < -0.4 is 10.1 Å². The molecule has 0 aliphatic rings. The summed E-state index contributed by atoms with van der Waals surface area (Å²) < 4.78 is 6.79. The van der Waals surface area contributed by atoms with Crippen LogP contribution in [-0.4, -0.2) is 10.9 Å². The van der Waals surface area contributed by atoms with Gasteiger partial charge in [0.25, 0.3) is 0 Å². The minimum Gasteiger partial charge on any atom is -0.486 e. The van der Waals surface area contributed by atoms with Crippen LogP contribution in [0.15, 0.2) is 53.9 Å². The first-order chi connectivity index (χ1) is 12.1. The van der Waals surface area contributed by atoms with Gasteiger partial charge in [-0.25, -0.2) is 4.98 Å². The number of nitrogens with one attached hydrogen (secondary N) is 1. The van der Waals surface area contributed by atoms with Crippen LogP contribution in [0, 0.1) is 3.57 Å². The van der Waals surface area contributed by atoms with Crippen molar-refractivity contribution >= 4 is 57.1 Å². The summed E-state index contributed by atoms with van der Waals surface area (Å²) in [4.78, 5) is 16.5. The average molecular weight is 485 g/mol. The molecule has 0 aliphatic carbocycles. The van der Waals surface area contributed by atoms with E-state index < -0.39 is 0 Å². The molecule has 0 atom stereocenters. The van der Waals surface area contributed by atoms with Crippen molar-refractivity contribution < 1.29 is 9.53 Å². The fraction of sp³-hybridized carbons (Fsp3) is 0.111. The van der Waals surface area contributed by atoms with Crippen molar-refractivity contribution in [3.63, 3.8) is 0 Å². The molecule has 7 heteroatoms. The molecule has 0 bridgehead atoms. The molecule has 3 aromatic rings. The van der Waals surface area contributed by atoms with Crippen LogP contribution in [0.1, 0.15) is 10.7 Å². The van der Waals surface area contributed by atoms with Gasteiger partial charge in [-0.3, -0.25) is 4.79 Å². The number of halogens is 2. The average Bonchev–Trinajstić information content (AvgIpc) is 3.04. The maximum atomic E-state index is 12.1. The Labute approximate surface area is 168 Å². The normalized spacial score (nSPS) is 10.5. The molecular formula is C18H14ClIN2O2S. The molecule has 128 valence electrons. The second-order valence-corrected chi connectivity index (χ2v) is 7.83. The number of nitrogens with zero attached hydrogens (tertiary/aromatic N) is 1. The minimum absolute atomic E-state index is 0.0864. The summed E-state index contributed by atoms with van der Waals surface area (Å²) in [5, 5.41) is 6.25. The van der Waals surface area contributed by atoms with Crippen molar-refractivity contribution in [2.45, 2.75) is 13.0 Å². The summed E-state index contributed by atoms with van der Waals surface area (Å²) in [6, 6.07) is 14.8. The lowest BCUT2D eigenvalue weighted by Gasteiger charge is -2.04. The van der Waals surface area contributed by atoms with Crippen LogP contribution in [0.25, 0.3) is 0 Å². The number of aromatic nitrogens is 1. The lowest BCUT2D eigenvalue weighted by Crippen LogP contribution is -2.14. The molecule has 0 saturated carbocycles. The fourth-order valence-electron chi connectivity index (χ4n) is 2.08. The topological polar surface area (TPSA) is 51.2 Å². The highest BCUT2D eigenvalue weighted by atomic mass is 127. The van der Waals surface area contributed by atoms with Crippen LogP contribution in [0.3, 0.4) is 0 Å². The zero-order chi connectivity index (χ0) is 17.6. The standard InChI is InChI=1S/C18H14ClIN2O2S/c19-12-1-7-16(8-2-12)24-10-18-22-15(11-25-18)9-17(23)21-14-5-3-13(20)4-6-14/h1-8,11H,9-10H2,(H,21,23). The van der Waals surface area contributed by atoms with E-state index in [2.05, 4.69) is 32.9 Å². The molecule has 4 nitrogen and oxygen atoms in total. The molecule has 0 aliphatic heterocycles. The van der Waals surface area contributed by atoms with Crippen LogP contribution in [-0.2, 0) is 17.8 Å². The smallest absolute Gasteiger partial charge is 0.230 e. The summed E-state index contributed by atoms with van der Waals surface area (Å²) in [6.07, 6.45) is 0.240. The van der Waals surface area contributed by atoms with Gasteiger partial charge in [-0.2, -0.15) is 0 Å². The minimum atomic E-state index is -0.0864. The van der Waals surface area contributed by atoms with E-state index in [-0.39, 0.29) is 12.3 Å². The van der Waals surface area contributed by atoms with Crippen molar-refractivity contribution in [3.8, 4) is 5.75 Å². The Bertz CT molecular complexity index is 850. The Morgan fingerprint density at radius 2 is 1.88 bits per heavy atom. The SMILES string of the molecule is O=C(Cc1csc(COc2ccc(Cl)cc2)n1)Nc1ccc(I)cc1. The molecule has 2 aromatic carbocycles. The van der Waals surface area contributed by atoms with Gasteiger partial charge in [-0.15, -0.1) is 11.3 Å². The second-order valence-electron chi connectivity index (χ2n) is 5.21. The number of carbonyl (C=O) groups excluding carboxylic acids is 1. The Hall–Kier alpha value is -1.64. The first-order valence-electron chi connectivity index (χ1n) is 7.45. The summed E-state index contributed by atoms with van der Waals surface area (Å²) >= 11 is 9.55. The quantitative estimate of drug-likeness (QED) is 0.492. The molecular weight excluding hydrogens is 471 g/mol. The lowest BCUT2D eigenvalue weighted by atomic mass is 10.3. The Balaban J connectivity index is 1.51. The third-order valence-corrected chi connectivity index (χ3v) is 5.09. The zero-order valence-electron chi connectivity index (χ0n) is 13.0.